The fraction of sp³-hybridized carbons (Fsp3) is 0.0714. The Hall–Kier alpha value is -1.95. The summed E-state index contributed by atoms with van der Waals surface area (Å²) < 4.78 is 32.9. The lowest BCUT2D eigenvalue weighted by Gasteiger charge is -2.09. The maximum Gasteiger partial charge on any atom is 0.335 e. The van der Waals surface area contributed by atoms with Crippen LogP contribution in [0.5, 0.6) is 5.75 Å². The van der Waals surface area contributed by atoms with Crippen LogP contribution in [0, 0.1) is 11.6 Å². The van der Waals surface area contributed by atoms with Crippen LogP contribution >= 0.6 is 15.9 Å². The predicted molar refractivity (Wildman–Crippen MR) is 71.8 cm³/mol. The summed E-state index contributed by atoms with van der Waals surface area (Å²) in [7, 11) is 0. The van der Waals surface area contributed by atoms with Crippen LogP contribution in [0.25, 0.3) is 0 Å². The van der Waals surface area contributed by atoms with Crippen molar-refractivity contribution in [3.8, 4) is 5.75 Å². The fourth-order valence-corrected chi connectivity index (χ4v) is 1.97. The number of hydrogen-bond acceptors (Lipinski definition) is 2. The van der Waals surface area contributed by atoms with Crippen LogP contribution < -0.4 is 4.74 Å². The molecule has 6 heteroatoms. The summed E-state index contributed by atoms with van der Waals surface area (Å²) >= 11 is 3.20. The van der Waals surface area contributed by atoms with Crippen molar-refractivity contribution in [1.82, 2.24) is 0 Å². The third kappa shape index (κ3) is 3.33. The van der Waals surface area contributed by atoms with E-state index < -0.39 is 17.6 Å². The van der Waals surface area contributed by atoms with Gasteiger partial charge in [0.2, 0.25) is 0 Å². The van der Waals surface area contributed by atoms with Crippen LogP contribution in [0.1, 0.15) is 15.9 Å². The molecule has 0 saturated carbocycles. The van der Waals surface area contributed by atoms with Crippen molar-refractivity contribution in [3.63, 3.8) is 0 Å². The second-order valence-corrected chi connectivity index (χ2v) is 4.89. The number of rotatable bonds is 4. The number of benzene rings is 2. The molecule has 0 unspecified atom stereocenters. The molecule has 20 heavy (non-hydrogen) atoms. The Morgan fingerprint density at radius 1 is 1.15 bits per heavy atom. The van der Waals surface area contributed by atoms with Gasteiger partial charge in [-0.05, 0) is 36.4 Å². The van der Waals surface area contributed by atoms with Gasteiger partial charge in [0.15, 0.2) is 11.6 Å². The van der Waals surface area contributed by atoms with E-state index in [1.165, 1.54) is 24.3 Å². The Bertz CT molecular complexity index is 659. The smallest absolute Gasteiger partial charge is 0.335 e. The molecule has 0 aromatic heterocycles. The van der Waals surface area contributed by atoms with Gasteiger partial charge in [-0.15, -0.1) is 0 Å². The quantitative estimate of drug-likeness (QED) is 0.913. The molecule has 0 heterocycles. The fourth-order valence-electron chi connectivity index (χ4n) is 1.56. The van der Waals surface area contributed by atoms with Crippen molar-refractivity contribution >= 4 is 21.9 Å². The van der Waals surface area contributed by atoms with E-state index >= 15 is 0 Å². The van der Waals surface area contributed by atoms with Crippen LogP contribution in [0.4, 0.5) is 8.78 Å². The molecule has 0 bridgehead atoms. The Kier molecular flexibility index (Phi) is 4.34. The van der Waals surface area contributed by atoms with Crippen LogP contribution in [-0.2, 0) is 6.61 Å². The zero-order chi connectivity index (χ0) is 14.7. The summed E-state index contributed by atoms with van der Waals surface area (Å²) in [6, 6.07) is 7.62. The normalized spacial score (nSPS) is 10.3. The molecule has 0 fully saturated rings. The van der Waals surface area contributed by atoms with E-state index in [2.05, 4.69) is 15.9 Å². The molecule has 2 aromatic rings. The summed E-state index contributed by atoms with van der Waals surface area (Å²) in [5, 5.41) is 8.71. The maximum absolute atomic E-state index is 13.6. The summed E-state index contributed by atoms with van der Waals surface area (Å²) in [4.78, 5) is 10.7. The van der Waals surface area contributed by atoms with E-state index in [1.54, 1.807) is 6.07 Å². The standard InChI is InChI=1S/C14H9BrF2O3/c15-10-2-3-11(16)9(5-10)7-20-13-4-1-8(14(18)19)6-12(13)17/h1-6H,7H2,(H,18,19). The van der Waals surface area contributed by atoms with Crippen molar-refractivity contribution in [2.75, 3.05) is 0 Å². The molecule has 0 atom stereocenters. The van der Waals surface area contributed by atoms with Crippen molar-refractivity contribution in [1.29, 1.82) is 0 Å². The Labute approximate surface area is 121 Å². The maximum atomic E-state index is 13.6. The Balaban J connectivity index is 2.15. The van der Waals surface area contributed by atoms with Crippen molar-refractivity contribution in [3.05, 3.63) is 63.6 Å². The highest BCUT2D eigenvalue weighted by atomic mass is 79.9. The summed E-state index contributed by atoms with van der Waals surface area (Å²) in [6.07, 6.45) is 0. The van der Waals surface area contributed by atoms with Crippen LogP contribution in [-0.4, -0.2) is 11.1 Å². The van der Waals surface area contributed by atoms with Gasteiger partial charge in [-0.3, -0.25) is 0 Å². The lowest BCUT2D eigenvalue weighted by atomic mass is 10.2. The molecule has 0 aliphatic rings. The van der Waals surface area contributed by atoms with E-state index in [0.717, 1.165) is 6.07 Å². The number of carboxylic acid groups (broad SMARTS) is 1. The highest BCUT2D eigenvalue weighted by molar-refractivity contribution is 9.10. The van der Waals surface area contributed by atoms with Gasteiger partial charge in [-0.2, -0.15) is 0 Å². The lowest BCUT2D eigenvalue weighted by molar-refractivity contribution is 0.0696. The molecular formula is C14H9BrF2O3. The van der Waals surface area contributed by atoms with Gasteiger partial charge in [-0.1, -0.05) is 15.9 Å². The number of carboxylic acids is 1. The highest BCUT2D eigenvalue weighted by Gasteiger charge is 2.10. The zero-order valence-corrected chi connectivity index (χ0v) is 11.7. The number of halogens is 3. The minimum atomic E-state index is -1.23. The molecule has 0 spiro atoms. The van der Waals surface area contributed by atoms with Crippen molar-refractivity contribution in [2.45, 2.75) is 6.61 Å². The molecule has 0 saturated heterocycles. The van der Waals surface area contributed by atoms with E-state index in [4.69, 9.17) is 9.84 Å². The number of ether oxygens (including phenoxy) is 1. The third-order valence-corrected chi connectivity index (χ3v) is 3.06. The summed E-state index contributed by atoms with van der Waals surface area (Å²) in [6.45, 7) is -0.158. The van der Waals surface area contributed by atoms with Gasteiger partial charge in [-0.25, -0.2) is 13.6 Å². The molecule has 1 N–H and O–H groups in total. The average Bonchev–Trinajstić information content (AvgIpc) is 2.40. The molecule has 0 aliphatic carbocycles. The van der Waals surface area contributed by atoms with E-state index in [9.17, 15) is 13.6 Å². The summed E-state index contributed by atoms with van der Waals surface area (Å²) in [5.41, 5.74) is 0.0876. The topological polar surface area (TPSA) is 46.5 Å². The van der Waals surface area contributed by atoms with Gasteiger partial charge in [0.1, 0.15) is 12.4 Å². The molecule has 0 amide bonds. The largest absolute Gasteiger partial charge is 0.486 e. The number of hydrogen-bond donors (Lipinski definition) is 1. The molecule has 3 nitrogen and oxygen atoms in total. The lowest BCUT2D eigenvalue weighted by Crippen LogP contribution is -2.02. The monoisotopic (exact) mass is 342 g/mol. The molecular weight excluding hydrogens is 334 g/mol. The first-order valence-corrected chi connectivity index (χ1v) is 6.36. The number of carbonyl (C=O) groups is 1. The highest BCUT2D eigenvalue weighted by Crippen LogP contribution is 2.21. The molecule has 104 valence electrons. The van der Waals surface area contributed by atoms with Gasteiger partial charge in [0.05, 0.1) is 5.56 Å². The minimum Gasteiger partial charge on any atom is -0.486 e. The Morgan fingerprint density at radius 2 is 1.90 bits per heavy atom. The number of aromatic carboxylic acids is 1. The van der Waals surface area contributed by atoms with Gasteiger partial charge in [0.25, 0.3) is 0 Å². The molecule has 0 aliphatic heterocycles. The van der Waals surface area contributed by atoms with Crippen molar-refractivity contribution < 1.29 is 23.4 Å². The van der Waals surface area contributed by atoms with Crippen LogP contribution in [0.15, 0.2) is 40.9 Å². The first-order valence-electron chi connectivity index (χ1n) is 5.57. The minimum absolute atomic E-state index is 0.130. The van der Waals surface area contributed by atoms with E-state index in [0.29, 0.717) is 4.47 Å². The zero-order valence-electron chi connectivity index (χ0n) is 10.1. The van der Waals surface area contributed by atoms with Crippen LogP contribution in [0.3, 0.4) is 0 Å². The molecule has 2 rings (SSSR count). The Morgan fingerprint density at radius 3 is 2.55 bits per heavy atom. The van der Waals surface area contributed by atoms with Gasteiger partial charge in [0, 0.05) is 10.0 Å². The second-order valence-electron chi connectivity index (χ2n) is 3.97. The summed E-state index contributed by atoms with van der Waals surface area (Å²) in [5.74, 6) is -2.63. The van der Waals surface area contributed by atoms with Crippen LogP contribution in [0.2, 0.25) is 0 Å². The SMILES string of the molecule is O=C(O)c1ccc(OCc2cc(Br)ccc2F)c(F)c1. The average molecular weight is 343 g/mol. The first-order chi connectivity index (χ1) is 9.47. The van der Waals surface area contributed by atoms with Gasteiger partial charge < -0.3 is 9.84 Å². The molecule has 2 aromatic carbocycles. The molecule has 0 radical (unpaired) electrons. The van der Waals surface area contributed by atoms with E-state index in [-0.39, 0.29) is 23.5 Å². The second kappa shape index (κ2) is 6.00. The van der Waals surface area contributed by atoms with Gasteiger partial charge >= 0.3 is 5.97 Å². The first kappa shape index (κ1) is 14.5. The van der Waals surface area contributed by atoms with Crippen molar-refractivity contribution in [2.24, 2.45) is 0 Å². The third-order valence-electron chi connectivity index (χ3n) is 2.57. The van der Waals surface area contributed by atoms with E-state index in [1.807, 2.05) is 0 Å². The predicted octanol–water partition coefficient (Wildman–Crippen LogP) is 4.00.